The van der Waals surface area contributed by atoms with Crippen LogP contribution in [0.15, 0.2) is 5.38 Å². The molecule has 0 aliphatic rings. The Hall–Kier alpha value is -1.10. The van der Waals surface area contributed by atoms with E-state index >= 15 is 0 Å². The number of hydrogen-bond donors (Lipinski definition) is 1. The zero-order valence-electron chi connectivity index (χ0n) is 6.98. The Bertz CT molecular complexity index is 400. The van der Waals surface area contributed by atoms with Crippen LogP contribution in [0.1, 0.15) is 25.5 Å². The molecule has 0 atom stereocenters. The lowest BCUT2D eigenvalue weighted by Gasteiger charge is -2.01. The van der Waals surface area contributed by atoms with Gasteiger partial charge >= 0.3 is 0 Å². The summed E-state index contributed by atoms with van der Waals surface area (Å²) in [5.41, 5.74) is 6.83. The number of rotatable bonds is 1. The molecule has 12 heavy (non-hydrogen) atoms. The summed E-state index contributed by atoms with van der Waals surface area (Å²) < 4.78 is 1.90. The Labute approximate surface area is 74.0 Å². The van der Waals surface area contributed by atoms with Crippen molar-refractivity contribution in [1.82, 2.24) is 14.6 Å². The summed E-state index contributed by atoms with van der Waals surface area (Å²) in [6.07, 6.45) is 0. The fourth-order valence-electron chi connectivity index (χ4n) is 1.16. The number of aromatic nitrogens is 3. The van der Waals surface area contributed by atoms with E-state index in [0.717, 1.165) is 4.96 Å². The largest absolute Gasteiger partial charge is 0.368 e. The number of nitrogens with two attached hydrogens (primary N) is 1. The van der Waals surface area contributed by atoms with E-state index in [1.807, 2.05) is 4.40 Å². The second-order valence-electron chi connectivity index (χ2n) is 2.99. The van der Waals surface area contributed by atoms with E-state index in [9.17, 15) is 0 Å². The maximum absolute atomic E-state index is 5.66. The van der Waals surface area contributed by atoms with Crippen LogP contribution >= 0.6 is 11.3 Å². The smallest absolute Gasteiger partial charge is 0.227 e. The van der Waals surface area contributed by atoms with Gasteiger partial charge in [0.25, 0.3) is 0 Å². The van der Waals surface area contributed by atoms with E-state index in [0.29, 0.717) is 11.9 Å². The lowest BCUT2D eigenvalue weighted by molar-refractivity contribution is 0.812. The number of nitrogens with zero attached hydrogens (tertiary/aromatic N) is 3. The van der Waals surface area contributed by atoms with E-state index < -0.39 is 0 Å². The summed E-state index contributed by atoms with van der Waals surface area (Å²) >= 11 is 1.57. The quantitative estimate of drug-likeness (QED) is 0.727. The van der Waals surface area contributed by atoms with Crippen molar-refractivity contribution in [3.8, 4) is 0 Å². The van der Waals surface area contributed by atoms with Crippen molar-refractivity contribution < 1.29 is 0 Å². The first-order valence-electron chi connectivity index (χ1n) is 3.78. The molecule has 4 nitrogen and oxygen atoms in total. The minimum absolute atomic E-state index is 0.456. The van der Waals surface area contributed by atoms with Gasteiger partial charge in [0.1, 0.15) is 0 Å². The highest BCUT2D eigenvalue weighted by Gasteiger charge is 2.11. The number of nitrogen functional groups attached to an aromatic ring is 1. The molecule has 0 spiro atoms. The molecule has 2 rings (SSSR count). The van der Waals surface area contributed by atoms with Crippen LogP contribution in [0, 0.1) is 0 Å². The Morgan fingerprint density at radius 1 is 1.50 bits per heavy atom. The highest BCUT2D eigenvalue weighted by molar-refractivity contribution is 7.15. The second kappa shape index (κ2) is 2.45. The van der Waals surface area contributed by atoms with E-state index in [2.05, 4.69) is 29.4 Å². The first-order chi connectivity index (χ1) is 5.70. The van der Waals surface area contributed by atoms with Gasteiger partial charge in [-0.25, -0.2) is 0 Å². The molecule has 0 bridgehead atoms. The van der Waals surface area contributed by atoms with Gasteiger partial charge in [0.05, 0.1) is 0 Å². The average molecular weight is 182 g/mol. The molecule has 0 unspecified atom stereocenters. The molecule has 0 amide bonds. The van der Waals surface area contributed by atoms with Gasteiger partial charge < -0.3 is 5.73 Å². The molecule has 0 saturated carbocycles. The molecule has 0 aliphatic carbocycles. The predicted octanol–water partition coefficient (Wildman–Crippen LogP) is 1.50. The van der Waals surface area contributed by atoms with Crippen LogP contribution in [0.4, 0.5) is 5.95 Å². The van der Waals surface area contributed by atoms with Crippen molar-refractivity contribution in [2.24, 2.45) is 0 Å². The monoisotopic (exact) mass is 182 g/mol. The Kier molecular flexibility index (Phi) is 1.54. The Morgan fingerprint density at radius 2 is 2.25 bits per heavy atom. The topological polar surface area (TPSA) is 56.2 Å². The van der Waals surface area contributed by atoms with Crippen molar-refractivity contribution in [1.29, 1.82) is 0 Å². The molecular formula is C7H10N4S. The van der Waals surface area contributed by atoms with Crippen molar-refractivity contribution in [3.05, 3.63) is 11.1 Å². The first-order valence-corrected chi connectivity index (χ1v) is 4.66. The maximum Gasteiger partial charge on any atom is 0.227 e. The summed E-state index contributed by atoms with van der Waals surface area (Å²) in [5.74, 6) is 0.937. The van der Waals surface area contributed by atoms with Crippen LogP contribution in [-0.4, -0.2) is 14.6 Å². The van der Waals surface area contributed by atoms with Gasteiger partial charge in [-0.1, -0.05) is 13.8 Å². The molecule has 64 valence electrons. The molecule has 0 aromatic carbocycles. The molecule has 0 aliphatic heterocycles. The Balaban J connectivity index is 2.75. The van der Waals surface area contributed by atoms with Gasteiger partial charge in [0.2, 0.25) is 10.9 Å². The number of thiazole rings is 1. The minimum Gasteiger partial charge on any atom is -0.368 e. The Morgan fingerprint density at radius 3 is 2.92 bits per heavy atom. The van der Waals surface area contributed by atoms with Gasteiger partial charge in [-0.2, -0.15) is 0 Å². The van der Waals surface area contributed by atoms with Crippen molar-refractivity contribution in [2.45, 2.75) is 19.8 Å². The summed E-state index contributed by atoms with van der Waals surface area (Å²) in [6.45, 7) is 4.25. The standard InChI is InChI=1S/C7H10N4S/c1-4(2)5-3-12-7-10-9-6(8)11(5)7/h3-4H,1-2H3,(H2,8,9). The summed E-state index contributed by atoms with van der Waals surface area (Å²) in [5, 5.41) is 9.80. The summed E-state index contributed by atoms with van der Waals surface area (Å²) in [7, 11) is 0. The van der Waals surface area contributed by atoms with Gasteiger partial charge in [-0.05, 0) is 5.92 Å². The third kappa shape index (κ3) is 0.896. The van der Waals surface area contributed by atoms with Crippen LogP contribution in [-0.2, 0) is 0 Å². The average Bonchev–Trinajstić information content (AvgIpc) is 2.53. The molecular weight excluding hydrogens is 172 g/mol. The molecule has 2 aromatic rings. The van der Waals surface area contributed by atoms with E-state index in [1.165, 1.54) is 5.69 Å². The van der Waals surface area contributed by atoms with Gasteiger partial charge in [0, 0.05) is 11.1 Å². The van der Waals surface area contributed by atoms with E-state index in [4.69, 9.17) is 5.73 Å². The zero-order valence-corrected chi connectivity index (χ0v) is 7.80. The lowest BCUT2D eigenvalue weighted by atomic mass is 10.2. The minimum atomic E-state index is 0.456. The summed E-state index contributed by atoms with van der Waals surface area (Å²) in [6, 6.07) is 0. The lowest BCUT2D eigenvalue weighted by Crippen LogP contribution is -1.98. The second-order valence-corrected chi connectivity index (χ2v) is 3.83. The number of hydrogen-bond acceptors (Lipinski definition) is 4. The molecule has 5 heteroatoms. The third-order valence-corrected chi connectivity index (χ3v) is 2.63. The van der Waals surface area contributed by atoms with Crippen LogP contribution < -0.4 is 5.73 Å². The van der Waals surface area contributed by atoms with Crippen molar-refractivity contribution >= 4 is 22.2 Å². The highest BCUT2D eigenvalue weighted by atomic mass is 32.1. The fourth-order valence-corrected chi connectivity index (χ4v) is 2.16. The van der Waals surface area contributed by atoms with Crippen LogP contribution in [0.3, 0.4) is 0 Å². The molecule has 2 heterocycles. The molecule has 0 saturated heterocycles. The molecule has 0 radical (unpaired) electrons. The predicted molar refractivity (Wildman–Crippen MR) is 49.4 cm³/mol. The number of anilines is 1. The fraction of sp³-hybridized carbons (Fsp3) is 0.429. The maximum atomic E-state index is 5.66. The normalized spacial score (nSPS) is 11.6. The van der Waals surface area contributed by atoms with Gasteiger partial charge in [-0.3, -0.25) is 4.40 Å². The molecule has 0 fully saturated rings. The van der Waals surface area contributed by atoms with E-state index in [-0.39, 0.29) is 0 Å². The highest BCUT2D eigenvalue weighted by Crippen LogP contribution is 2.23. The van der Waals surface area contributed by atoms with Crippen molar-refractivity contribution in [2.75, 3.05) is 5.73 Å². The first kappa shape index (κ1) is 7.54. The summed E-state index contributed by atoms with van der Waals surface area (Å²) in [4.78, 5) is 0.871. The van der Waals surface area contributed by atoms with Crippen LogP contribution in [0.2, 0.25) is 0 Å². The van der Waals surface area contributed by atoms with Crippen LogP contribution in [0.25, 0.3) is 4.96 Å². The molecule has 2 aromatic heterocycles. The SMILES string of the molecule is CC(C)c1csc2nnc(N)n12. The zero-order chi connectivity index (χ0) is 8.72. The van der Waals surface area contributed by atoms with Gasteiger partial charge in [0.15, 0.2) is 0 Å². The van der Waals surface area contributed by atoms with Crippen LogP contribution in [0.5, 0.6) is 0 Å². The number of fused-ring (bicyclic) bond motifs is 1. The van der Waals surface area contributed by atoms with Gasteiger partial charge in [-0.15, -0.1) is 21.5 Å². The molecule has 2 N–H and O–H groups in total. The third-order valence-electron chi connectivity index (χ3n) is 1.79. The van der Waals surface area contributed by atoms with Crippen molar-refractivity contribution in [3.63, 3.8) is 0 Å². The van der Waals surface area contributed by atoms with E-state index in [1.54, 1.807) is 11.3 Å².